The molecule has 0 spiro atoms. The molecule has 0 aliphatic carbocycles. The molecule has 0 aromatic carbocycles. The van der Waals surface area contributed by atoms with E-state index in [9.17, 15) is 9.59 Å². The Morgan fingerprint density at radius 3 is 1.61 bits per heavy atom. The Morgan fingerprint density at radius 1 is 0.783 bits per heavy atom. The number of amides is 1. The van der Waals surface area contributed by atoms with Crippen LogP contribution in [-0.2, 0) is 9.59 Å². The molecule has 0 saturated heterocycles. The van der Waals surface area contributed by atoms with Crippen molar-refractivity contribution < 1.29 is 9.59 Å². The fourth-order valence-corrected chi connectivity index (χ4v) is 2.93. The lowest BCUT2D eigenvalue weighted by Gasteiger charge is -2.19. The summed E-state index contributed by atoms with van der Waals surface area (Å²) in [4.78, 5) is 23.3. The molecule has 0 aromatic rings. The molecule has 0 aromatic heterocycles. The van der Waals surface area contributed by atoms with Gasteiger partial charge in [-0.2, -0.15) is 0 Å². The van der Waals surface area contributed by atoms with Crippen LogP contribution in [0.4, 0.5) is 0 Å². The lowest BCUT2D eigenvalue weighted by atomic mass is 10.0. The van der Waals surface area contributed by atoms with Gasteiger partial charge in [-0.05, 0) is 19.3 Å². The summed E-state index contributed by atoms with van der Waals surface area (Å²) >= 11 is 0. The first kappa shape index (κ1) is 22.1. The van der Waals surface area contributed by atoms with Crippen LogP contribution in [0.5, 0.6) is 0 Å². The van der Waals surface area contributed by atoms with Crippen LogP contribution in [-0.4, -0.2) is 17.7 Å². The lowest BCUT2D eigenvalue weighted by Crippen LogP contribution is -2.43. The second-order valence-corrected chi connectivity index (χ2v) is 7.19. The van der Waals surface area contributed by atoms with E-state index >= 15 is 0 Å². The molecule has 0 radical (unpaired) electrons. The number of carbonyl (C=O) groups is 2. The molecule has 0 aliphatic rings. The average molecular weight is 326 g/mol. The Balaban J connectivity index is 3.47. The summed E-state index contributed by atoms with van der Waals surface area (Å²) in [6, 6.07) is -0.324. The van der Waals surface area contributed by atoms with E-state index < -0.39 is 0 Å². The van der Waals surface area contributed by atoms with Crippen LogP contribution in [0.25, 0.3) is 0 Å². The van der Waals surface area contributed by atoms with Crippen molar-refractivity contribution in [3.8, 4) is 0 Å². The van der Waals surface area contributed by atoms with Gasteiger partial charge in [0.25, 0.3) is 0 Å². The van der Waals surface area contributed by atoms with Crippen LogP contribution in [0.15, 0.2) is 0 Å². The minimum Gasteiger partial charge on any atom is -0.346 e. The summed E-state index contributed by atoms with van der Waals surface area (Å²) in [5, 5.41) is 2.86. The fraction of sp³-hybridized carbons (Fsp3) is 0.900. The zero-order chi connectivity index (χ0) is 17.5. The fourth-order valence-electron chi connectivity index (χ4n) is 2.93. The first-order chi connectivity index (χ1) is 11.0. The highest BCUT2D eigenvalue weighted by atomic mass is 16.2. The predicted octanol–water partition coefficient (Wildman–Crippen LogP) is 5.42. The smallest absolute Gasteiger partial charge is 0.220 e. The molecule has 0 aliphatic heterocycles. The van der Waals surface area contributed by atoms with Crippen LogP contribution in [0.1, 0.15) is 105 Å². The maximum absolute atomic E-state index is 11.9. The molecular formula is C20H39NO2. The maximum Gasteiger partial charge on any atom is 0.220 e. The molecule has 1 atom stereocenters. The van der Waals surface area contributed by atoms with E-state index in [1.54, 1.807) is 6.92 Å². The van der Waals surface area contributed by atoms with Gasteiger partial charge in [0.1, 0.15) is 0 Å². The second kappa shape index (κ2) is 14.7. The van der Waals surface area contributed by atoms with Crippen LogP contribution < -0.4 is 5.32 Å². The van der Waals surface area contributed by atoms with Gasteiger partial charge in [-0.1, -0.05) is 85.0 Å². The van der Waals surface area contributed by atoms with Gasteiger partial charge in [0, 0.05) is 6.42 Å². The summed E-state index contributed by atoms with van der Waals surface area (Å²) in [5.41, 5.74) is 0. The van der Waals surface area contributed by atoms with Gasteiger partial charge in [0.05, 0.1) is 6.04 Å². The van der Waals surface area contributed by atoms with Gasteiger partial charge in [-0.15, -0.1) is 0 Å². The van der Waals surface area contributed by atoms with E-state index in [2.05, 4.69) is 12.2 Å². The maximum atomic E-state index is 11.9. The Kier molecular flexibility index (Phi) is 14.2. The Morgan fingerprint density at radius 2 is 1.22 bits per heavy atom. The van der Waals surface area contributed by atoms with Gasteiger partial charge in [-0.3, -0.25) is 9.59 Å². The molecular weight excluding hydrogens is 286 g/mol. The van der Waals surface area contributed by atoms with Gasteiger partial charge in [0.15, 0.2) is 5.78 Å². The number of nitrogens with one attached hydrogen (secondary N) is 1. The van der Waals surface area contributed by atoms with Crippen molar-refractivity contribution in [1.29, 1.82) is 0 Å². The van der Waals surface area contributed by atoms with Crippen molar-refractivity contribution in [1.82, 2.24) is 5.32 Å². The summed E-state index contributed by atoms with van der Waals surface area (Å²) in [6.45, 7) is 7.74. The molecule has 1 N–H and O–H groups in total. The molecule has 0 heterocycles. The highest BCUT2D eigenvalue weighted by Crippen LogP contribution is 2.12. The Hall–Kier alpha value is -0.860. The van der Waals surface area contributed by atoms with Gasteiger partial charge < -0.3 is 5.32 Å². The zero-order valence-electron chi connectivity index (χ0n) is 16.0. The normalized spacial score (nSPS) is 12.4. The third-order valence-electron chi connectivity index (χ3n) is 4.43. The standard InChI is InChI=1S/C20H39NO2/c1-5-6-7-8-9-10-11-12-13-14-15-16-19(23)21-20(17(2)3)18(4)22/h17,20H,5-16H2,1-4H3,(H,21,23)/t20-/m0/s1. The first-order valence-electron chi connectivity index (χ1n) is 9.78. The summed E-state index contributed by atoms with van der Waals surface area (Å²) in [5.74, 6) is 0.232. The van der Waals surface area contributed by atoms with Crippen molar-refractivity contribution in [2.24, 2.45) is 5.92 Å². The average Bonchev–Trinajstić information content (AvgIpc) is 2.49. The molecule has 0 saturated carbocycles. The molecule has 3 heteroatoms. The second-order valence-electron chi connectivity index (χ2n) is 7.19. The molecule has 3 nitrogen and oxygen atoms in total. The largest absolute Gasteiger partial charge is 0.346 e. The van der Waals surface area contributed by atoms with Crippen molar-refractivity contribution in [3.63, 3.8) is 0 Å². The van der Waals surface area contributed by atoms with Crippen LogP contribution in [0.3, 0.4) is 0 Å². The summed E-state index contributed by atoms with van der Waals surface area (Å²) in [6.07, 6.45) is 14.7. The topological polar surface area (TPSA) is 46.2 Å². The number of unbranched alkanes of at least 4 members (excludes halogenated alkanes) is 10. The quantitative estimate of drug-likeness (QED) is 0.409. The SMILES string of the molecule is CCCCCCCCCCCCCC(=O)N[C@H](C(C)=O)C(C)C. The highest BCUT2D eigenvalue weighted by molar-refractivity contribution is 5.87. The number of rotatable bonds is 15. The van der Waals surface area contributed by atoms with Gasteiger partial charge in [-0.25, -0.2) is 0 Å². The van der Waals surface area contributed by atoms with E-state index in [-0.39, 0.29) is 23.7 Å². The van der Waals surface area contributed by atoms with Gasteiger partial charge in [0.2, 0.25) is 5.91 Å². The third kappa shape index (κ3) is 13.3. The molecule has 136 valence electrons. The van der Waals surface area contributed by atoms with Crippen LogP contribution in [0.2, 0.25) is 0 Å². The first-order valence-corrected chi connectivity index (χ1v) is 9.78. The monoisotopic (exact) mass is 325 g/mol. The molecule has 23 heavy (non-hydrogen) atoms. The molecule has 0 unspecified atom stereocenters. The molecule has 1 amide bonds. The number of ketones is 1. The minimum absolute atomic E-state index is 0.0230. The zero-order valence-corrected chi connectivity index (χ0v) is 16.0. The molecule has 0 fully saturated rings. The Bertz CT molecular complexity index is 313. The lowest BCUT2D eigenvalue weighted by molar-refractivity contribution is -0.127. The van der Waals surface area contributed by atoms with Crippen LogP contribution in [0, 0.1) is 5.92 Å². The summed E-state index contributed by atoms with van der Waals surface area (Å²) < 4.78 is 0. The number of Topliss-reactive ketones (excluding diaryl/α,β-unsaturated/α-hetero) is 1. The van der Waals surface area contributed by atoms with Crippen LogP contribution >= 0.6 is 0 Å². The van der Waals surface area contributed by atoms with E-state index in [0.29, 0.717) is 6.42 Å². The predicted molar refractivity (Wildman–Crippen MR) is 98.5 cm³/mol. The van der Waals surface area contributed by atoms with Gasteiger partial charge >= 0.3 is 0 Å². The highest BCUT2D eigenvalue weighted by Gasteiger charge is 2.19. The number of hydrogen-bond donors (Lipinski definition) is 1. The Labute approximate surface area is 144 Å². The number of hydrogen-bond acceptors (Lipinski definition) is 2. The van der Waals surface area contributed by atoms with E-state index in [4.69, 9.17) is 0 Å². The number of carbonyl (C=O) groups excluding carboxylic acids is 2. The van der Waals surface area contributed by atoms with E-state index in [1.807, 2.05) is 13.8 Å². The minimum atomic E-state index is -0.324. The van der Waals surface area contributed by atoms with Crippen molar-refractivity contribution in [2.75, 3.05) is 0 Å². The third-order valence-corrected chi connectivity index (χ3v) is 4.43. The van der Waals surface area contributed by atoms with Crippen molar-refractivity contribution in [2.45, 2.75) is 111 Å². The summed E-state index contributed by atoms with van der Waals surface area (Å²) in [7, 11) is 0. The molecule has 0 rings (SSSR count). The van der Waals surface area contributed by atoms with E-state index in [0.717, 1.165) is 12.8 Å². The van der Waals surface area contributed by atoms with E-state index in [1.165, 1.54) is 57.8 Å². The molecule has 0 bridgehead atoms. The van der Waals surface area contributed by atoms with Crippen molar-refractivity contribution >= 4 is 11.7 Å². The van der Waals surface area contributed by atoms with Crippen molar-refractivity contribution in [3.05, 3.63) is 0 Å².